The van der Waals surface area contributed by atoms with Gasteiger partial charge in [0, 0.05) is 6.54 Å². The molecule has 1 aromatic rings. The van der Waals surface area contributed by atoms with Gasteiger partial charge in [-0.2, -0.15) is 0 Å². The van der Waals surface area contributed by atoms with Gasteiger partial charge in [0.1, 0.15) is 16.6 Å². The second kappa shape index (κ2) is 5.96. The largest absolute Gasteiger partial charge is 0.478 e. The molecule has 22 heavy (non-hydrogen) atoms. The number of hydrogen-bond donors (Lipinski definition) is 2. The third kappa shape index (κ3) is 3.56. The monoisotopic (exact) mass is 326 g/mol. The van der Waals surface area contributed by atoms with Crippen LogP contribution in [0.3, 0.4) is 0 Å². The molecule has 2 rings (SSSR count). The number of aromatic carboxylic acids is 1. The lowest BCUT2D eigenvalue weighted by Gasteiger charge is -2.21. The van der Waals surface area contributed by atoms with Crippen molar-refractivity contribution in [1.82, 2.24) is 5.32 Å². The highest BCUT2D eigenvalue weighted by Gasteiger charge is 2.36. The van der Waals surface area contributed by atoms with Crippen LogP contribution < -0.4 is 10.2 Å². The van der Waals surface area contributed by atoms with Gasteiger partial charge in [-0.05, 0) is 38.6 Å². The molecule has 1 aliphatic rings. The second-order valence-corrected chi connectivity index (χ2v) is 6.82. The first-order chi connectivity index (χ1) is 10.2. The fourth-order valence-electron chi connectivity index (χ4n) is 2.14. The number of alkyl carbamates (subject to hydrolysis) is 1. The summed E-state index contributed by atoms with van der Waals surface area (Å²) in [6.45, 7) is 5.57. The topological polar surface area (TPSA) is 95.9 Å². The normalized spacial score (nSPS) is 18.4. The predicted molar refractivity (Wildman–Crippen MR) is 81.4 cm³/mol. The Bertz CT molecular complexity index is 605. The zero-order valence-electron chi connectivity index (χ0n) is 12.6. The Morgan fingerprint density at radius 2 is 2.14 bits per heavy atom. The van der Waals surface area contributed by atoms with E-state index < -0.39 is 23.7 Å². The van der Waals surface area contributed by atoms with Gasteiger partial charge in [-0.25, -0.2) is 9.59 Å². The van der Waals surface area contributed by atoms with Gasteiger partial charge in [-0.3, -0.25) is 4.79 Å². The molecule has 1 unspecified atom stereocenters. The number of carbonyl (C=O) groups excluding carboxylic acids is 2. The molecule has 1 fully saturated rings. The summed E-state index contributed by atoms with van der Waals surface area (Å²) >= 11 is 1.19. The van der Waals surface area contributed by atoms with Crippen LogP contribution in [0.1, 0.15) is 37.6 Å². The SMILES string of the molecule is CC(C)(C)OC(=O)NC1CCN(c2sccc2C(=O)O)C1=O. The van der Waals surface area contributed by atoms with Crippen LogP contribution >= 0.6 is 11.3 Å². The van der Waals surface area contributed by atoms with E-state index in [4.69, 9.17) is 9.84 Å². The summed E-state index contributed by atoms with van der Waals surface area (Å²) in [4.78, 5) is 36.6. The lowest BCUT2D eigenvalue weighted by atomic mass is 10.2. The van der Waals surface area contributed by atoms with Crippen molar-refractivity contribution < 1.29 is 24.2 Å². The van der Waals surface area contributed by atoms with E-state index in [1.54, 1.807) is 26.2 Å². The van der Waals surface area contributed by atoms with Gasteiger partial charge in [0.05, 0.1) is 5.56 Å². The van der Waals surface area contributed by atoms with Crippen LogP contribution in [0.4, 0.5) is 9.80 Å². The Morgan fingerprint density at radius 1 is 1.45 bits per heavy atom. The Balaban J connectivity index is 2.05. The van der Waals surface area contributed by atoms with Gasteiger partial charge in [0.2, 0.25) is 5.91 Å². The molecule has 120 valence electrons. The Kier molecular flexibility index (Phi) is 4.41. The minimum absolute atomic E-state index is 0.0938. The smallest absolute Gasteiger partial charge is 0.408 e. The van der Waals surface area contributed by atoms with Gasteiger partial charge in [-0.1, -0.05) is 0 Å². The third-order valence-electron chi connectivity index (χ3n) is 3.02. The van der Waals surface area contributed by atoms with Crippen molar-refractivity contribution in [2.75, 3.05) is 11.4 Å². The first-order valence-corrected chi connectivity index (χ1v) is 7.68. The maximum absolute atomic E-state index is 12.3. The van der Waals surface area contributed by atoms with Crippen molar-refractivity contribution >= 4 is 34.3 Å². The van der Waals surface area contributed by atoms with Crippen LogP contribution in [0, 0.1) is 0 Å². The highest BCUT2D eigenvalue weighted by molar-refractivity contribution is 7.14. The van der Waals surface area contributed by atoms with Crippen molar-refractivity contribution in [2.45, 2.75) is 38.8 Å². The maximum Gasteiger partial charge on any atom is 0.408 e. The molecule has 0 aromatic carbocycles. The number of nitrogens with zero attached hydrogens (tertiary/aromatic N) is 1. The molecule has 1 atom stereocenters. The van der Waals surface area contributed by atoms with Gasteiger partial charge in [0.25, 0.3) is 0 Å². The molecule has 0 radical (unpaired) electrons. The molecule has 2 amide bonds. The van der Waals surface area contributed by atoms with E-state index in [2.05, 4.69) is 5.32 Å². The first-order valence-electron chi connectivity index (χ1n) is 6.81. The number of carboxylic acids is 1. The predicted octanol–water partition coefficient (Wildman–Crippen LogP) is 2.08. The van der Waals surface area contributed by atoms with E-state index in [1.807, 2.05) is 0 Å². The summed E-state index contributed by atoms with van der Waals surface area (Å²) in [6, 6.07) is 0.767. The molecule has 0 saturated carbocycles. The zero-order chi connectivity index (χ0) is 16.5. The fraction of sp³-hybridized carbons (Fsp3) is 0.500. The Labute approximate surface area is 131 Å². The van der Waals surface area contributed by atoms with Crippen LogP contribution in [0.5, 0.6) is 0 Å². The standard InChI is InChI=1S/C14H18N2O5S/c1-14(2,3)21-13(20)15-9-4-6-16(10(9)17)11-8(12(18)19)5-7-22-11/h5,7,9H,4,6H2,1-3H3,(H,15,20)(H,18,19). The average Bonchev–Trinajstić information content (AvgIpc) is 2.95. The number of anilines is 1. The number of thiophene rings is 1. The van der Waals surface area contributed by atoms with Crippen LogP contribution in [0.25, 0.3) is 0 Å². The quantitative estimate of drug-likeness (QED) is 0.886. The van der Waals surface area contributed by atoms with E-state index in [9.17, 15) is 14.4 Å². The molecule has 2 heterocycles. The summed E-state index contributed by atoms with van der Waals surface area (Å²) < 4.78 is 5.12. The highest BCUT2D eigenvalue weighted by Crippen LogP contribution is 2.31. The molecule has 1 aromatic heterocycles. The van der Waals surface area contributed by atoms with E-state index in [1.165, 1.54) is 22.3 Å². The fourth-order valence-corrected chi connectivity index (χ4v) is 3.06. The number of carboxylic acid groups (broad SMARTS) is 1. The molecular formula is C14H18N2O5S. The number of amides is 2. The summed E-state index contributed by atoms with van der Waals surface area (Å²) in [5.41, 5.74) is -0.549. The highest BCUT2D eigenvalue weighted by atomic mass is 32.1. The van der Waals surface area contributed by atoms with Crippen LogP contribution in [-0.2, 0) is 9.53 Å². The van der Waals surface area contributed by atoms with E-state index in [-0.39, 0.29) is 11.5 Å². The molecule has 0 bridgehead atoms. The minimum atomic E-state index is -1.08. The Morgan fingerprint density at radius 3 is 2.73 bits per heavy atom. The number of nitrogens with one attached hydrogen (secondary N) is 1. The number of hydrogen-bond acceptors (Lipinski definition) is 5. The van der Waals surface area contributed by atoms with Crippen molar-refractivity contribution in [2.24, 2.45) is 0 Å². The maximum atomic E-state index is 12.3. The van der Waals surface area contributed by atoms with E-state index >= 15 is 0 Å². The van der Waals surface area contributed by atoms with Gasteiger partial charge >= 0.3 is 12.1 Å². The van der Waals surface area contributed by atoms with Gasteiger partial charge < -0.3 is 20.1 Å². The van der Waals surface area contributed by atoms with Crippen molar-refractivity contribution in [3.63, 3.8) is 0 Å². The first kappa shape index (κ1) is 16.3. The average molecular weight is 326 g/mol. The molecule has 7 nitrogen and oxygen atoms in total. The van der Waals surface area contributed by atoms with Gasteiger partial charge in [-0.15, -0.1) is 11.3 Å². The second-order valence-electron chi connectivity index (χ2n) is 5.92. The zero-order valence-corrected chi connectivity index (χ0v) is 13.4. The van der Waals surface area contributed by atoms with Crippen molar-refractivity contribution in [1.29, 1.82) is 0 Å². The number of ether oxygens (including phenoxy) is 1. The molecular weight excluding hydrogens is 308 g/mol. The summed E-state index contributed by atoms with van der Waals surface area (Å²) in [5, 5.41) is 13.7. The summed E-state index contributed by atoms with van der Waals surface area (Å²) in [5.74, 6) is -1.40. The molecule has 1 aliphatic heterocycles. The Hall–Kier alpha value is -2.09. The number of rotatable bonds is 3. The van der Waals surface area contributed by atoms with Crippen molar-refractivity contribution in [3.8, 4) is 0 Å². The summed E-state index contributed by atoms with van der Waals surface area (Å²) in [6.07, 6.45) is -0.244. The third-order valence-corrected chi connectivity index (χ3v) is 3.95. The van der Waals surface area contributed by atoms with Crippen molar-refractivity contribution in [3.05, 3.63) is 17.0 Å². The van der Waals surface area contributed by atoms with Crippen LogP contribution in [0.15, 0.2) is 11.4 Å². The lowest BCUT2D eigenvalue weighted by Crippen LogP contribution is -2.43. The molecule has 8 heteroatoms. The molecule has 1 saturated heterocycles. The van der Waals surface area contributed by atoms with E-state index in [0.717, 1.165) is 0 Å². The van der Waals surface area contributed by atoms with E-state index in [0.29, 0.717) is 18.0 Å². The lowest BCUT2D eigenvalue weighted by molar-refractivity contribution is -0.118. The molecule has 2 N–H and O–H groups in total. The summed E-state index contributed by atoms with van der Waals surface area (Å²) in [7, 11) is 0. The van der Waals surface area contributed by atoms with Gasteiger partial charge in [0.15, 0.2) is 0 Å². The van der Waals surface area contributed by atoms with Crippen LogP contribution in [-0.4, -0.2) is 41.3 Å². The van der Waals surface area contributed by atoms with Crippen LogP contribution in [0.2, 0.25) is 0 Å². The molecule has 0 spiro atoms. The molecule has 0 aliphatic carbocycles. The minimum Gasteiger partial charge on any atom is -0.478 e. The number of carbonyl (C=O) groups is 3.